The summed E-state index contributed by atoms with van der Waals surface area (Å²) in [6, 6.07) is 6.59. The van der Waals surface area contributed by atoms with Crippen LogP contribution in [0.25, 0.3) is 0 Å². The largest absolute Gasteiger partial charge is 0.357 e. The molecule has 1 aromatic heterocycles. The number of hydrogen-bond acceptors (Lipinski definition) is 5. The van der Waals surface area contributed by atoms with Crippen molar-refractivity contribution in [2.24, 2.45) is 10.1 Å². The molecule has 4 N–H and O–H groups in total. The second-order valence-corrected chi connectivity index (χ2v) is 8.66. The molecular weight excluding hydrogens is 370 g/mol. The van der Waals surface area contributed by atoms with Gasteiger partial charge < -0.3 is 10.6 Å². The molecule has 0 amide bonds. The summed E-state index contributed by atoms with van der Waals surface area (Å²) in [7, 11) is -3.65. The summed E-state index contributed by atoms with van der Waals surface area (Å²) >= 11 is 1.67. The fourth-order valence-corrected chi connectivity index (χ4v) is 3.64. The maximum atomic E-state index is 11.3. The number of hydrogen-bond donors (Lipinski definition) is 3. The van der Waals surface area contributed by atoms with Crippen molar-refractivity contribution in [1.82, 2.24) is 15.6 Å². The molecule has 0 radical (unpaired) electrons. The second kappa shape index (κ2) is 9.11. The molecule has 0 unspecified atom stereocenters. The Bertz CT molecular complexity index is 838. The number of aromatic nitrogens is 1. The fraction of sp³-hybridized carbons (Fsp3) is 0.412. The van der Waals surface area contributed by atoms with Crippen LogP contribution in [0.5, 0.6) is 0 Å². The lowest BCUT2D eigenvalue weighted by atomic mass is 10.1. The lowest BCUT2D eigenvalue weighted by Crippen LogP contribution is -2.38. The first-order valence-electron chi connectivity index (χ1n) is 8.36. The molecule has 0 aliphatic carbocycles. The van der Waals surface area contributed by atoms with Crippen LogP contribution in [0.4, 0.5) is 0 Å². The van der Waals surface area contributed by atoms with E-state index in [2.05, 4.69) is 27.5 Å². The summed E-state index contributed by atoms with van der Waals surface area (Å²) in [6.07, 6.45) is 0.741. The van der Waals surface area contributed by atoms with Gasteiger partial charge >= 0.3 is 0 Å². The molecule has 0 atom stereocenters. The third-order valence-electron chi connectivity index (χ3n) is 3.75. The third kappa shape index (κ3) is 6.08. The van der Waals surface area contributed by atoms with Crippen LogP contribution in [-0.4, -0.2) is 32.5 Å². The number of nitrogens with two attached hydrogens (primary N) is 1. The molecule has 7 nitrogen and oxygen atoms in total. The molecular formula is C17H25N5O2S2. The number of nitrogens with zero attached hydrogens (tertiary/aromatic N) is 2. The van der Waals surface area contributed by atoms with Crippen molar-refractivity contribution in [3.8, 4) is 0 Å². The number of sulfonamides is 1. The minimum atomic E-state index is -3.65. The Morgan fingerprint density at radius 1 is 1.23 bits per heavy atom. The molecule has 0 aliphatic rings. The van der Waals surface area contributed by atoms with Crippen molar-refractivity contribution in [3.63, 3.8) is 0 Å². The smallest absolute Gasteiger partial charge is 0.238 e. The number of thiazole rings is 1. The molecule has 0 aliphatic heterocycles. The lowest BCUT2D eigenvalue weighted by molar-refractivity contribution is 0.598. The minimum Gasteiger partial charge on any atom is -0.357 e. The summed E-state index contributed by atoms with van der Waals surface area (Å²) in [4.78, 5) is 10.4. The Morgan fingerprint density at radius 2 is 1.92 bits per heavy atom. The number of guanidine groups is 1. The molecule has 2 aromatic rings. The van der Waals surface area contributed by atoms with Gasteiger partial charge in [0, 0.05) is 18.0 Å². The van der Waals surface area contributed by atoms with E-state index in [0.29, 0.717) is 13.1 Å². The Morgan fingerprint density at radius 3 is 2.46 bits per heavy atom. The van der Waals surface area contributed by atoms with E-state index in [1.165, 1.54) is 17.0 Å². The number of primary sulfonamides is 1. The van der Waals surface area contributed by atoms with Crippen LogP contribution in [0.15, 0.2) is 34.2 Å². The van der Waals surface area contributed by atoms with Crippen LogP contribution in [0.1, 0.15) is 28.1 Å². The molecule has 2 rings (SSSR count). The average Bonchev–Trinajstić information content (AvgIpc) is 2.90. The number of aryl methyl sites for hydroxylation is 2. The van der Waals surface area contributed by atoms with E-state index in [4.69, 9.17) is 5.14 Å². The summed E-state index contributed by atoms with van der Waals surface area (Å²) in [6.45, 7) is 8.06. The quantitative estimate of drug-likeness (QED) is 0.488. The van der Waals surface area contributed by atoms with Crippen molar-refractivity contribution in [1.29, 1.82) is 0 Å². The van der Waals surface area contributed by atoms with Crippen LogP contribution in [-0.2, 0) is 23.0 Å². The van der Waals surface area contributed by atoms with Gasteiger partial charge in [-0.1, -0.05) is 12.1 Å². The highest BCUT2D eigenvalue weighted by molar-refractivity contribution is 7.89. The van der Waals surface area contributed by atoms with Gasteiger partial charge in [-0.3, -0.25) is 0 Å². The Balaban J connectivity index is 1.90. The predicted molar refractivity (Wildman–Crippen MR) is 106 cm³/mol. The summed E-state index contributed by atoms with van der Waals surface area (Å²) in [5.41, 5.74) is 2.08. The summed E-state index contributed by atoms with van der Waals surface area (Å²) < 4.78 is 22.5. The molecule has 1 heterocycles. The first kappa shape index (κ1) is 20.3. The lowest BCUT2D eigenvalue weighted by Gasteiger charge is -2.11. The van der Waals surface area contributed by atoms with Gasteiger partial charge in [-0.25, -0.2) is 23.5 Å². The van der Waals surface area contributed by atoms with Gasteiger partial charge in [0.15, 0.2) is 5.96 Å². The highest BCUT2D eigenvalue weighted by atomic mass is 32.2. The number of nitrogens with one attached hydrogen (secondary N) is 2. The van der Waals surface area contributed by atoms with Gasteiger partial charge in [-0.05, 0) is 44.9 Å². The zero-order valence-corrected chi connectivity index (χ0v) is 16.9. The molecule has 0 fully saturated rings. The highest BCUT2D eigenvalue weighted by Gasteiger charge is 2.07. The molecule has 0 saturated heterocycles. The van der Waals surface area contributed by atoms with E-state index in [1.54, 1.807) is 23.5 Å². The van der Waals surface area contributed by atoms with Crippen molar-refractivity contribution in [3.05, 3.63) is 45.4 Å². The average molecular weight is 396 g/mol. The molecule has 0 spiro atoms. The first-order chi connectivity index (χ1) is 12.3. The monoisotopic (exact) mass is 395 g/mol. The molecule has 1 aromatic carbocycles. The predicted octanol–water partition coefficient (Wildman–Crippen LogP) is 1.71. The summed E-state index contributed by atoms with van der Waals surface area (Å²) in [5.74, 6) is 0.735. The van der Waals surface area contributed by atoms with E-state index in [9.17, 15) is 8.42 Å². The van der Waals surface area contributed by atoms with Gasteiger partial charge in [0.25, 0.3) is 0 Å². The normalized spacial score (nSPS) is 12.2. The van der Waals surface area contributed by atoms with Crippen LogP contribution < -0.4 is 15.8 Å². The Hall–Kier alpha value is -1.97. The van der Waals surface area contributed by atoms with Crippen molar-refractivity contribution >= 4 is 27.3 Å². The van der Waals surface area contributed by atoms with Crippen LogP contribution in [0.3, 0.4) is 0 Å². The molecule has 0 bridgehead atoms. The molecule has 0 saturated carbocycles. The van der Waals surface area contributed by atoms with E-state index < -0.39 is 10.0 Å². The molecule has 9 heteroatoms. The van der Waals surface area contributed by atoms with Gasteiger partial charge in [-0.2, -0.15) is 0 Å². The zero-order valence-electron chi connectivity index (χ0n) is 15.2. The zero-order chi connectivity index (χ0) is 19.2. The third-order valence-corrected chi connectivity index (χ3v) is 5.73. The van der Waals surface area contributed by atoms with Gasteiger partial charge in [0.05, 0.1) is 17.1 Å². The van der Waals surface area contributed by atoms with E-state index in [-0.39, 0.29) is 4.90 Å². The maximum absolute atomic E-state index is 11.3. The maximum Gasteiger partial charge on any atom is 0.238 e. The summed E-state index contributed by atoms with van der Waals surface area (Å²) in [5, 5.41) is 12.6. The van der Waals surface area contributed by atoms with Crippen molar-refractivity contribution < 1.29 is 8.42 Å². The fourth-order valence-electron chi connectivity index (χ4n) is 2.27. The van der Waals surface area contributed by atoms with E-state index >= 15 is 0 Å². The van der Waals surface area contributed by atoms with Crippen LogP contribution in [0.2, 0.25) is 0 Å². The Kier molecular flexibility index (Phi) is 7.13. The van der Waals surface area contributed by atoms with Gasteiger partial charge in [0.1, 0.15) is 5.01 Å². The standard InChI is InChI=1S/C17H25N5O2S2/c1-4-19-17(21-11-16-22-12(2)13(3)25-16)20-10-9-14-5-7-15(8-6-14)26(18,23)24/h5-8H,4,9-11H2,1-3H3,(H2,18,23,24)(H2,19,20,21). The van der Waals surface area contributed by atoms with Gasteiger partial charge in [0.2, 0.25) is 10.0 Å². The van der Waals surface area contributed by atoms with E-state index in [0.717, 1.165) is 35.2 Å². The number of benzene rings is 1. The highest BCUT2D eigenvalue weighted by Crippen LogP contribution is 2.16. The van der Waals surface area contributed by atoms with Crippen LogP contribution >= 0.6 is 11.3 Å². The topological polar surface area (TPSA) is 109 Å². The molecule has 142 valence electrons. The van der Waals surface area contributed by atoms with Crippen LogP contribution in [0, 0.1) is 13.8 Å². The van der Waals surface area contributed by atoms with E-state index in [1.807, 2.05) is 13.8 Å². The Labute approximate surface area is 158 Å². The number of rotatable bonds is 7. The SMILES string of the molecule is CCNC(=NCc1nc(C)c(C)s1)NCCc1ccc(S(N)(=O)=O)cc1. The molecule has 26 heavy (non-hydrogen) atoms. The van der Waals surface area contributed by atoms with Crippen molar-refractivity contribution in [2.45, 2.75) is 38.6 Å². The number of aliphatic imine (C=N–C) groups is 1. The first-order valence-corrected chi connectivity index (χ1v) is 10.7. The minimum absolute atomic E-state index is 0.123. The van der Waals surface area contributed by atoms with Crippen molar-refractivity contribution in [2.75, 3.05) is 13.1 Å². The van der Waals surface area contributed by atoms with Gasteiger partial charge in [-0.15, -0.1) is 11.3 Å². The second-order valence-electron chi connectivity index (χ2n) is 5.81.